The number of halogens is 1. The third-order valence-corrected chi connectivity index (χ3v) is 5.14. The van der Waals surface area contributed by atoms with Crippen LogP contribution in [-0.4, -0.2) is 15.0 Å². The molecule has 20 heavy (non-hydrogen) atoms. The van der Waals surface area contributed by atoms with Gasteiger partial charge in [0, 0.05) is 10.7 Å². The molecule has 1 aromatic carbocycles. The first-order valence-electron chi connectivity index (χ1n) is 7.01. The van der Waals surface area contributed by atoms with E-state index in [2.05, 4.69) is 0 Å². The summed E-state index contributed by atoms with van der Waals surface area (Å²) >= 11 is 0. The van der Waals surface area contributed by atoms with Gasteiger partial charge in [0.1, 0.15) is 5.75 Å². The largest absolute Gasteiger partial charge is 0.493 e. The van der Waals surface area contributed by atoms with Gasteiger partial charge in [-0.15, -0.1) is 0 Å². The zero-order valence-corrected chi connectivity index (χ0v) is 13.7. The van der Waals surface area contributed by atoms with Gasteiger partial charge in [-0.1, -0.05) is 26.7 Å². The van der Waals surface area contributed by atoms with Crippen molar-refractivity contribution in [2.24, 2.45) is 5.92 Å². The van der Waals surface area contributed by atoms with Gasteiger partial charge in [-0.25, -0.2) is 8.42 Å². The zero-order chi connectivity index (χ0) is 14.9. The Balaban J connectivity index is 2.27. The summed E-state index contributed by atoms with van der Waals surface area (Å²) in [5.74, 6) is 1.78. The van der Waals surface area contributed by atoms with Gasteiger partial charge in [0.05, 0.1) is 11.5 Å². The molecule has 112 valence electrons. The number of benzene rings is 1. The Morgan fingerprint density at radius 1 is 1.35 bits per heavy atom. The highest BCUT2D eigenvalue weighted by atomic mass is 35.7. The van der Waals surface area contributed by atoms with E-state index < -0.39 is 9.05 Å². The first-order chi connectivity index (χ1) is 9.29. The smallest absolute Gasteiger partial charge is 0.261 e. The van der Waals surface area contributed by atoms with Crippen LogP contribution in [0.1, 0.15) is 50.2 Å². The molecule has 0 heterocycles. The van der Waals surface area contributed by atoms with Crippen molar-refractivity contribution in [1.29, 1.82) is 0 Å². The van der Waals surface area contributed by atoms with Gasteiger partial charge in [0.2, 0.25) is 0 Å². The maximum absolute atomic E-state index is 11.6. The van der Waals surface area contributed by atoms with Crippen LogP contribution >= 0.6 is 10.7 Å². The average Bonchev–Trinajstić information content (AvgIpc) is 3.11. The Bertz CT molecular complexity index is 589. The average molecular weight is 317 g/mol. The van der Waals surface area contributed by atoms with Gasteiger partial charge >= 0.3 is 0 Å². The molecule has 0 N–H and O–H groups in total. The molecule has 0 aliphatic heterocycles. The number of aryl methyl sites for hydroxylation is 1. The van der Waals surface area contributed by atoms with E-state index >= 15 is 0 Å². The van der Waals surface area contributed by atoms with Crippen molar-refractivity contribution in [2.75, 3.05) is 6.61 Å². The quantitative estimate of drug-likeness (QED) is 0.738. The lowest BCUT2D eigenvalue weighted by Gasteiger charge is -2.16. The summed E-state index contributed by atoms with van der Waals surface area (Å²) in [6.45, 7) is 6.47. The van der Waals surface area contributed by atoms with E-state index in [0.29, 0.717) is 12.2 Å². The topological polar surface area (TPSA) is 43.4 Å². The van der Waals surface area contributed by atoms with Crippen molar-refractivity contribution in [2.45, 2.75) is 50.8 Å². The Hall–Kier alpha value is -0.740. The predicted molar refractivity (Wildman–Crippen MR) is 81.1 cm³/mol. The Morgan fingerprint density at radius 3 is 2.50 bits per heavy atom. The summed E-state index contributed by atoms with van der Waals surface area (Å²) in [5, 5.41) is 0. The van der Waals surface area contributed by atoms with E-state index in [1.807, 2.05) is 13.8 Å². The molecule has 1 fully saturated rings. The fourth-order valence-electron chi connectivity index (χ4n) is 2.26. The lowest BCUT2D eigenvalue weighted by Crippen LogP contribution is -2.05. The fourth-order valence-corrected chi connectivity index (χ4v) is 3.47. The van der Waals surface area contributed by atoms with Crippen LogP contribution in [0.3, 0.4) is 0 Å². The lowest BCUT2D eigenvalue weighted by molar-refractivity contribution is 0.298. The summed E-state index contributed by atoms with van der Waals surface area (Å²) in [5.41, 5.74) is 1.52. The van der Waals surface area contributed by atoms with E-state index in [1.165, 1.54) is 12.8 Å². The van der Waals surface area contributed by atoms with Crippen LogP contribution < -0.4 is 4.74 Å². The number of rotatable bonds is 6. The Morgan fingerprint density at radius 2 is 2.00 bits per heavy atom. The van der Waals surface area contributed by atoms with E-state index in [1.54, 1.807) is 19.1 Å². The highest BCUT2D eigenvalue weighted by molar-refractivity contribution is 8.13. The number of ether oxygens (including phenoxy) is 1. The van der Waals surface area contributed by atoms with E-state index in [4.69, 9.17) is 15.4 Å². The maximum atomic E-state index is 11.6. The van der Waals surface area contributed by atoms with E-state index in [9.17, 15) is 8.42 Å². The second-order valence-electron chi connectivity index (χ2n) is 5.83. The standard InChI is InChI=1S/C15H21ClO3S/c1-10(2)13-9-15(20(16,17)18)11(3)8-14(13)19-7-6-12-4-5-12/h8-10,12H,4-7H2,1-3H3. The molecule has 2 rings (SSSR count). The predicted octanol–water partition coefficient (Wildman–Crippen LogP) is 4.22. The summed E-state index contributed by atoms with van der Waals surface area (Å²) in [6, 6.07) is 3.44. The van der Waals surface area contributed by atoms with Crippen LogP contribution in [0.2, 0.25) is 0 Å². The van der Waals surface area contributed by atoms with Crippen LogP contribution in [0.15, 0.2) is 17.0 Å². The van der Waals surface area contributed by atoms with Gasteiger partial charge < -0.3 is 4.74 Å². The summed E-state index contributed by atoms with van der Waals surface area (Å²) in [6.07, 6.45) is 3.69. The molecule has 0 spiro atoms. The maximum Gasteiger partial charge on any atom is 0.261 e. The molecule has 0 bridgehead atoms. The SMILES string of the molecule is Cc1cc(OCCC2CC2)c(C(C)C)cc1S(=O)(=O)Cl. The molecule has 1 aliphatic rings. The van der Waals surface area contributed by atoms with Crippen molar-refractivity contribution < 1.29 is 13.2 Å². The highest BCUT2D eigenvalue weighted by Gasteiger charge is 2.22. The van der Waals surface area contributed by atoms with Crippen molar-refractivity contribution in [3.05, 3.63) is 23.3 Å². The van der Waals surface area contributed by atoms with Crippen molar-refractivity contribution >= 4 is 19.7 Å². The van der Waals surface area contributed by atoms with Crippen molar-refractivity contribution in [3.8, 4) is 5.75 Å². The molecule has 0 saturated heterocycles. The Labute approximate surface area is 125 Å². The minimum absolute atomic E-state index is 0.178. The third kappa shape index (κ3) is 3.89. The molecule has 3 nitrogen and oxygen atoms in total. The van der Waals surface area contributed by atoms with Crippen LogP contribution in [0, 0.1) is 12.8 Å². The lowest BCUT2D eigenvalue weighted by atomic mass is 10.0. The summed E-state index contributed by atoms with van der Waals surface area (Å²) in [7, 11) is 1.76. The Kier molecular flexibility index (Phi) is 4.65. The highest BCUT2D eigenvalue weighted by Crippen LogP contribution is 2.35. The van der Waals surface area contributed by atoms with Crippen molar-refractivity contribution in [3.63, 3.8) is 0 Å². The first kappa shape index (κ1) is 15.6. The van der Waals surface area contributed by atoms with Gasteiger partial charge in [0.15, 0.2) is 0 Å². The van der Waals surface area contributed by atoms with E-state index in [-0.39, 0.29) is 10.8 Å². The monoisotopic (exact) mass is 316 g/mol. The summed E-state index contributed by atoms with van der Waals surface area (Å²) < 4.78 is 29.0. The second kappa shape index (κ2) is 5.94. The second-order valence-corrected chi connectivity index (χ2v) is 8.36. The third-order valence-electron chi connectivity index (χ3n) is 3.67. The molecule has 1 aromatic rings. The summed E-state index contributed by atoms with van der Waals surface area (Å²) in [4.78, 5) is 0.178. The normalized spacial score (nSPS) is 15.7. The molecule has 0 atom stereocenters. The molecule has 0 amide bonds. The van der Waals surface area contributed by atoms with Crippen LogP contribution in [0.5, 0.6) is 5.75 Å². The zero-order valence-electron chi connectivity index (χ0n) is 12.1. The minimum atomic E-state index is -3.71. The number of hydrogen-bond donors (Lipinski definition) is 0. The fraction of sp³-hybridized carbons (Fsp3) is 0.600. The molecule has 0 aromatic heterocycles. The molecular formula is C15H21ClO3S. The molecule has 0 radical (unpaired) electrons. The first-order valence-corrected chi connectivity index (χ1v) is 9.32. The number of hydrogen-bond acceptors (Lipinski definition) is 3. The minimum Gasteiger partial charge on any atom is -0.493 e. The van der Waals surface area contributed by atoms with Gasteiger partial charge in [-0.3, -0.25) is 0 Å². The molecule has 1 saturated carbocycles. The van der Waals surface area contributed by atoms with Crippen LogP contribution in [-0.2, 0) is 9.05 Å². The van der Waals surface area contributed by atoms with Gasteiger partial charge in [0.25, 0.3) is 9.05 Å². The van der Waals surface area contributed by atoms with E-state index in [0.717, 1.165) is 23.7 Å². The molecule has 1 aliphatic carbocycles. The molecule has 5 heteroatoms. The van der Waals surface area contributed by atoms with Crippen LogP contribution in [0.25, 0.3) is 0 Å². The van der Waals surface area contributed by atoms with Crippen molar-refractivity contribution in [1.82, 2.24) is 0 Å². The molecular weight excluding hydrogens is 296 g/mol. The van der Waals surface area contributed by atoms with Crippen LogP contribution in [0.4, 0.5) is 0 Å². The van der Waals surface area contributed by atoms with Gasteiger partial charge in [-0.05, 0) is 48.4 Å². The molecule has 0 unspecified atom stereocenters. The van der Waals surface area contributed by atoms with Gasteiger partial charge in [-0.2, -0.15) is 0 Å².